The Hall–Kier alpha value is -2.43. The van der Waals surface area contributed by atoms with Gasteiger partial charge in [0, 0.05) is 27.2 Å². The topological polar surface area (TPSA) is 35.5 Å². The Labute approximate surface area is 181 Å². The standard InChI is InChI=1S/C24H23ClO3S/c1-16-4-6-17(7-5-16)21(26)15-24(18-8-10-19(25)11-9-18)29-20-12-13-22(27-2)23(14-20)28-3/h4-14,24H,15H2,1-3H3. The lowest BCUT2D eigenvalue weighted by molar-refractivity contribution is 0.0982. The SMILES string of the molecule is COc1ccc(SC(CC(=O)c2ccc(C)cc2)c2ccc(Cl)cc2)cc1OC. The van der Waals surface area contributed by atoms with Crippen molar-refractivity contribution in [2.45, 2.75) is 23.5 Å². The van der Waals surface area contributed by atoms with Crippen LogP contribution in [-0.4, -0.2) is 20.0 Å². The van der Waals surface area contributed by atoms with Crippen LogP contribution in [0.2, 0.25) is 5.02 Å². The molecule has 0 radical (unpaired) electrons. The number of carbonyl (C=O) groups excluding carboxylic acids is 1. The van der Waals surface area contributed by atoms with Gasteiger partial charge in [0.25, 0.3) is 0 Å². The zero-order valence-electron chi connectivity index (χ0n) is 16.6. The lowest BCUT2D eigenvalue weighted by Gasteiger charge is -2.18. The van der Waals surface area contributed by atoms with Gasteiger partial charge in [0.05, 0.1) is 14.2 Å². The van der Waals surface area contributed by atoms with E-state index in [1.807, 2.05) is 73.7 Å². The number of aryl methyl sites for hydroxylation is 1. The molecular formula is C24H23ClO3S. The lowest BCUT2D eigenvalue weighted by Crippen LogP contribution is -2.05. The van der Waals surface area contributed by atoms with Crippen LogP contribution in [0, 0.1) is 6.92 Å². The molecule has 3 nitrogen and oxygen atoms in total. The zero-order chi connectivity index (χ0) is 20.8. The molecule has 0 fully saturated rings. The minimum atomic E-state index is -0.0563. The third kappa shape index (κ3) is 5.55. The summed E-state index contributed by atoms with van der Waals surface area (Å²) in [5, 5.41) is 0.618. The Morgan fingerprint density at radius 2 is 1.59 bits per heavy atom. The number of ketones is 1. The molecule has 29 heavy (non-hydrogen) atoms. The third-order valence-corrected chi connectivity index (χ3v) is 6.12. The maximum atomic E-state index is 12.9. The zero-order valence-corrected chi connectivity index (χ0v) is 18.2. The monoisotopic (exact) mass is 426 g/mol. The molecule has 150 valence electrons. The highest BCUT2D eigenvalue weighted by Gasteiger charge is 2.20. The van der Waals surface area contributed by atoms with Gasteiger partial charge in [-0.25, -0.2) is 0 Å². The van der Waals surface area contributed by atoms with Gasteiger partial charge in [-0.3, -0.25) is 4.79 Å². The van der Waals surface area contributed by atoms with Crippen LogP contribution in [0.4, 0.5) is 0 Å². The van der Waals surface area contributed by atoms with Crippen LogP contribution in [0.5, 0.6) is 11.5 Å². The van der Waals surface area contributed by atoms with Gasteiger partial charge in [-0.1, -0.05) is 53.6 Å². The summed E-state index contributed by atoms with van der Waals surface area (Å²) in [5.41, 5.74) is 2.91. The molecule has 0 spiro atoms. The fourth-order valence-corrected chi connectivity index (χ4v) is 4.29. The Kier molecular flexibility index (Phi) is 7.24. The van der Waals surface area contributed by atoms with Gasteiger partial charge in [0.1, 0.15) is 0 Å². The summed E-state index contributed by atoms with van der Waals surface area (Å²) < 4.78 is 10.7. The molecule has 0 aliphatic heterocycles. The van der Waals surface area contributed by atoms with Crippen molar-refractivity contribution in [2.75, 3.05) is 14.2 Å². The number of hydrogen-bond donors (Lipinski definition) is 0. The van der Waals surface area contributed by atoms with Crippen molar-refractivity contribution in [3.63, 3.8) is 0 Å². The predicted octanol–water partition coefficient (Wildman–Crippen LogP) is 6.77. The molecule has 1 atom stereocenters. The van der Waals surface area contributed by atoms with E-state index in [0.29, 0.717) is 22.9 Å². The number of thioether (sulfide) groups is 1. The largest absolute Gasteiger partial charge is 0.493 e. The van der Waals surface area contributed by atoms with E-state index >= 15 is 0 Å². The summed E-state index contributed by atoms with van der Waals surface area (Å²) in [6.45, 7) is 2.01. The Morgan fingerprint density at radius 1 is 0.931 bits per heavy atom. The lowest BCUT2D eigenvalue weighted by atomic mass is 10.0. The Bertz CT molecular complexity index is 968. The summed E-state index contributed by atoms with van der Waals surface area (Å²) in [4.78, 5) is 13.9. The first kappa shape index (κ1) is 21.3. The first-order valence-electron chi connectivity index (χ1n) is 9.24. The molecule has 0 aliphatic carbocycles. The number of ether oxygens (including phenoxy) is 2. The fourth-order valence-electron chi connectivity index (χ4n) is 2.98. The number of halogens is 1. The molecule has 0 amide bonds. The summed E-state index contributed by atoms with van der Waals surface area (Å²) in [6.07, 6.45) is 0.379. The molecule has 5 heteroatoms. The molecule has 3 aromatic carbocycles. The van der Waals surface area contributed by atoms with Crippen molar-refractivity contribution in [3.05, 3.63) is 88.4 Å². The molecule has 0 bridgehead atoms. The number of benzene rings is 3. The van der Waals surface area contributed by atoms with Crippen molar-refractivity contribution >= 4 is 29.1 Å². The van der Waals surface area contributed by atoms with Crippen molar-refractivity contribution in [2.24, 2.45) is 0 Å². The van der Waals surface area contributed by atoms with Crippen LogP contribution in [0.3, 0.4) is 0 Å². The fraction of sp³-hybridized carbons (Fsp3) is 0.208. The van der Waals surface area contributed by atoms with Crippen molar-refractivity contribution in [1.82, 2.24) is 0 Å². The number of carbonyl (C=O) groups is 1. The van der Waals surface area contributed by atoms with Crippen LogP contribution in [-0.2, 0) is 0 Å². The van der Waals surface area contributed by atoms with Crippen LogP contribution >= 0.6 is 23.4 Å². The molecule has 0 aliphatic rings. The summed E-state index contributed by atoms with van der Waals surface area (Å²) >= 11 is 7.68. The van der Waals surface area contributed by atoms with Gasteiger partial charge in [0.15, 0.2) is 17.3 Å². The molecule has 0 aromatic heterocycles. The number of methoxy groups -OCH3 is 2. The third-order valence-electron chi connectivity index (χ3n) is 4.62. The number of rotatable bonds is 8. The highest BCUT2D eigenvalue weighted by atomic mass is 35.5. The van der Waals surface area contributed by atoms with Crippen LogP contribution in [0.25, 0.3) is 0 Å². The van der Waals surface area contributed by atoms with E-state index in [-0.39, 0.29) is 11.0 Å². The van der Waals surface area contributed by atoms with E-state index < -0.39 is 0 Å². The Morgan fingerprint density at radius 3 is 2.21 bits per heavy atom. The first-order valence-corrected chi connectivity index (χ1v) is 10.5. The summed E-state index contributed by atoms with van der Waals surface area (Å²) in [6, 6.07) is 21.2. The maximum Gasteiger partial charge on any atom is 0.164 e. The van der Waals surface area contributed by atoms with Gasteiger partial charge >= 0.3 is 0 Å². The van der Waals surface area contributed by atoms with E-state index in [9.17, 15) is 4.79 Å². The normalized spacial score (nSPS) is 11.7. The summed E-state index contributed by atoms with van der Waals surface area (Å²) in [7, 11) is 3.23. The second-order valence-electron chi connectivity index (χ2n) is 6.67. The highest BCUT2D eigenvalue weighted by Crippen LogP contribution is 2.41. The minimum Gasteiger partial charge on any atom is -0.493 e. The average molecular weight is 427 g/mol. The second-order valence-corrected chi connectivity index (χ2v) is 8.38. The highest BCUT2D eigenvalue weighted by molar-refractivity contribution is 7.99. The second kappa shape index (κ2) is 9.86. The first-order chi connectivity index (χ1) is 14.0. The van der Waals surface area contributed by atoms with E-state index in [2.05, 4.69) is 0 Å². The predicted molar refractivity (Wildman–Crippen MR) is 120 cm³/mol. The van der Waals surface area contributed by atoms with Crippen molar-refractivity contribution in [1.29, 1.82) is 0 Å². The van der Waals surface area contributed by atoms with Crippen molar-refractivity contribution < 1.29 is 14.3 Å². The molecule has 3 rings (SSSR count). The molecule has 0 heterocycles. The smallest absolute Gasteiger partial charge is 0.164 e. The van der Waals surface area contributed by atoms with Crippen LogP contribution < -0.4 is 9.47 Å². The van der Waals surface area contributed by atoms with E-state index in [1.54, 1.807) is 26.0 Å². The van der Waals surface area contributed by atoms with Crippen LogP contribution in [0.15, 0.2) is 71.6 Å². The van der Waals surface area contributed by atoms with Crippen LogP contribution in [0.1, 0.15) is 33.2 Å². The quantitative estimate of drug-likeness (QED) is 0.294. The van der Waals surface area contributed by atoms with Gasteiger partial charge in [-0.2, -0.15) is 0 Å². The molecule has 0 saturated carbocycles. The van der Waals surface area contributed by atoms with Gasteiger partial charge in [-0.15, -0.1) is 11.8 Å². The number of Topliss-reactive ketones (excluding diaryl/α,β-unsaturated/α-hetero) is 1. The van der Waals surface area contributed by atoms with E-state index in [4.69, 9.17) is 21.1 Å². The Balaban J connectivity index is 1.88. The minimum absolute atomic E-state index is 0.0563. The van der Waals surface area contributed by atoms with Gasteiger partial charge in [-0.05, 0) is 42.8 Å². The van der Waals surface area contributed by atoms with E-state index in [1.165, 1.54) is 0 Å². The van der Waals surface area contributed by atoms with Gasteiger partial charge in [0.2, 0.25) is 0 Å². The molecular weight excluding hydrogens is 404 g/mol. The maximum absolute atomic E-state index is 12.9. The molecule has 0 saturated heterocycles. The molecule has 3 aromatic rings. The number of hydrogen-bond acceptors (Lipinski definition) is 4. The molecule has 0 N–H and O–H groups in total. The summed E-state index contributed by atoms with van der Waals surface area (Å²) in [5.74, 6) is 1.45. The average Bonchev–Trinajstić information content (AvgIpc) is 2.74. The van der Waals surface area contributed by atoms with Gasteiger partial charge < -0.3 is 9.47 Å². The van der Waals surface area contributed by atoms with Crippen molar-refractivity contribution in [3.8, 4) is 11.5 Å². The molecule has 1 unspecified atom stereocenters. The van der Waals surface area contributed by atoms with E-state index in [0.717, 1.165) is 21.6 Å².